The molecule has 0 saturated heterocycles. The normalized spacial score (nSPS) is 15.8. The largest absolute Gasteiger partial charge is 0.0874 e. The molecule has 0 amide bonds. The summed E-state index contributed by atoms with van der Waals surface area (Å²) < 4.78 is 0. The van der Waals surface area contributed by atoms with Gasteiger partial charge in [0.1, 0.15) is 0 Å². The predicted octanol–water partition coefficient (Wildman–Crippen LogP) is 6.36. The van der Waals surface area contributed by atoms with E-state index in [0.29, 0.717) is 17.8 Å². The number of benzene rings is 1. The molecule has 0 spiro atoms. The minimum absolute atomic E-state index is 0.640. The molecule has 0 radical (unpaired) electrons. The Hall–Kier alpha value is -1.30. The zero-order valence-corrected chi connectivity index (χ0v) is 13.8. The van der Waals surface area contributed by atoms with Gasteiger partial charge in [-0.2, -0.15) is 0 Å². The molecule has 0 N–H and O–H groups in total. The summed E-state index contributed by atoms with van der Waals surface area (Å²) >= 11 is 0. The summed E-state index contributed by atoms with van der Waals surface area (Å²) in [6.45, 7) is 11.3. The van der Waals surface area contributed by atoms with Crippen molar-refractivity contribution in [2.75, 3.05) is 0 Å². The second-order valence-corrected chi connectivity index (χ2v) is 5.89. The Balaban J connectivity index is 2.94. The van der Waals surface area contributed by atoms with Gasteiger partial charge in [0.05, 0.1) is 0 Å². The Labute approximate surface area is 125 Å². The van der Waals surface area contributed by atoms with Crippen molar-refractivity contribution in [2.45, 2.75) is 53.4 Å². The highest BCUT2D eigenvalue weighted by Crippen LogP contribution is 2.34. The Morgan fingerprint density at radius 1 is 1.10 bits per heavy atom. The molecular weight excluding hydrogens is 240 g/mol. The molecule has 0 aromatic heterocycles. The maximum Gasteiger partial charge on any atom is -0.0136 e. The molecule has 1 aromatic rings. The van der Waals surface area contributed by atoms with Crippen LogP contribution in [0.25, 0.3) is 0 Å². The van der Waals surface area contributed by atoms with Crippen LogP contribution in [0.2, 0.25) is 0 Å². The van der Waals surface area contributed by atoms with Crippen LogP contribution in [0.5, 0.6) is 0 Å². The summed E-state index contributed by atoms with van der Waals surface area (Å²) in [5.41, 5.74) is 2.97. The van der Waals surface area contributed by atoms with Crippen molar-refractivity contribution >= 4 is 0 Å². The first-order valence-corrected chi connectivity index (χ1v) is 7.97. The van der Waals surface area contributed by atoms with E-state index < -0.39 is 0 Å². The molecule has 20 heavy (non-hydrogen) atoms. The molecule has 1 aromatic carbocycles. The van der Waals surface area contributed by atoms with E-state index in [1.165, 1.54) is 24.0 Å². The van der Waals surface area contributed by atoms with E-state index in [1.54, 1.807) is 0 Å². The van der Waals surface area contributed by atoms with Crippen LogP contribution in [-0.4, -0.2) is 0 Å². The summed E-state index contributed by atoms with van der Waals surface area (Å²) in [4.78, 5) is 0. The third-order valence-corrected chi connectivity index (χ3v) is 4.23. The topological polar surface area (TPSA) is 0 Å². The van der Waals surface area contributed by atoms with E-state index in [9.17, 15) is 0 Å². The molecule has 0 aliphatic rings. The number of hydrogen-bond donors (Lipinski definition) is 0. The minimum atomic E-state index is 0.640. The lowest BCUT2D eigenvalue weighted by molar-refractivity contribution is 0.381. The first-order chi connectivity index (χ1) is 9.63. The number of hydrogen-bond acceptors (Lipinski definition) is 0. The van der Waals surface area contributed by atoms with Gasteiger partial charge < -0.3 is 0 Å². The van der Waals surface area contributed by atoms with E-state index >= 15 is 0 Å². The van der Waals surface area contributed by atoms with Gasteiger partial charge in [-0.15, -0.1) is 0 Å². The smallest absolute Gasteiger partial charge is 0.0136 e. The fourth-order valence-electron chi connectivity index (χ4n) is 2.99. The van der Waals surface area contributed by atoms with Crippen LogP contribution in [0.4, 0.5) is 0 Å². The Kier molecular flexibility index (Phi) is 7.36. The van der Waals surface area contributed by atoms with Crippen molar-refractivity contribution in [3.8, 4) is 0 Å². The summed E-state index contributed by atoms with van der Waals surface area (Å²) in [6, 6.07) is 11.0. The molecule has 0 aliphatic carbocycles. The third kappa shape index (κ3) is 4.67. The highest BCUT2D eigenvalue weighted by molar-refractivity contribution is 5.24. The van der Waals surface area contributed by atoms with Gasteiger partial charge in [-0.25, -0.2) is 0 Å². The van der Waals surface area contributed by atoms with Crippen LogP contribution in [0.1, 0.15) is 58.9 Å². The van der Waals surface area contributed by atoms with Crippen LogP contribution in [-0.2, 0) is 0 Å². The van der Waals surface area contributed by atoms with E-state index in [2.05, 4.69) is 83.2 Å². The summed E-state index contributed by atoms with van der Waals surface area (Å²) in [7, 11) is 0. The van der Waals surface area contributed by atoms with Gasteiger partial charge in [-0.1, -0.05) is 69.3 Å². The molecule has 0 saturated carbocycles. The maximum atomic E-state index is 2.34. The van der Waals surface area contributed by atoms with Crippen LogP contribution in [0, 0.1) is 11.8 Å². The third-order valence-electron chi connectivity index (χ3n) is 4.23. The average molecular weight is 270 g/mol. The molecule has 0 heterocycles. The van der Waals surface area contributed by atoms with Crippen LogP contribution in [0.15, 0.2) is 54.1 Å². The van der Waals surface area contributed by atoms with Gasteiger partial charge in [-0.05, 0) is 55.6 Å². The monoisotopic (exact) mass is 270 g/mol. The zero-order valence-electron chi connectivity index (χ0n) is 13.8. The van der Waals surface area contributed by atoms with Crippen molar-refractivity contribution in [3.05, 3.63) is 59.7 Å². The van der Waals surface area contributed by atoms with Crippen molar-refractivity contribution in [1.82, 2.24) is 0 Å². The van der Waals surface area contributed by atoms with Gasteiger partial charge in [0, 0.05) is 0 Å². The Bertz CT molecular complexity index is 423. The fourth-order valence-corrected chi connectivity index (χ4v) is 2.99. The van der Waals surface area contributed by atoms with Crippen LogP contribution < -0.4 is 0 Å². The Morgan fingerprint density at radius 3 is 2.20 bits per heavy atom. The Morgan fingerprint density at radius 2 is 1.75 bits per heavy atom. The highest BCUT2D eigenvalue weighted by Gasteiger charge is 2.21. The first-order valence-electron chi connectivity index (χ1n) is 7.97. The molecular formula is C20H30. The molecule has 0 nitrogen and oxygen atoms in total. The second-order valence-electron chi connectivity index (χ2n) is 5.89. The van der Waals surface area contributed by atoms with Gasteiger partial charge in [0.15, 0.2) is 0 Å². The minimum Gasteiger partial charge on any atom is -0.0874 e. The van der Waals surface area contributed by atoms with E-state index in [0.717, 1.165) is 0 Å². The van der Waals surface area contributed by atoms with Crippen LogP contribution in [0.3, 0.4) is 0 Å². The molecule has 0 bridgehead atoms. The summed E-state index contributed by atoms with van der Waals surface area (Å²) in [6.07, 6.45) is 9.17. The SMILES string of the molecule is C/C=C\C(=C/C)C(CC(CC)c1ccccc1)C(C)C. The van der Waals surface area contributed by atoms with Crippen LogP contribution >= 0.6 is 0 Å². The fraction of sp³-hybridized carbons (Fsp3) is 0.500. The van der Waals surface area contributed by atoms with E-state index in [-0.39, 0.29) is 0 Å². The molecule has 0 heteroatoms. The molecule has 0 aliphatic heterocycles. The van der Waals surface area contributed by atoms with E-state index in [4.69, 9.17) is 0 Å². The predicted molar refractivity (Wildman–Crippen MR) is 91.0 cm³/mol. The van der Waals surface area contributed by atoms with E-state index in [1.807, 2.05) is 0 Å². The highest BCUT2D eigenvalue weighted by atomic mass is 14.3. The van der Waals surface area contributed by atoms with Gasteiger partial charge in [0.2, 0.25) is 0 Å². The lowest BCUT2D eigenvalue weighted by Crippen LogP contribution is -2.15. The van der Waals surface area contributed by atoms with Crippen molar-refractivity contribution in [2.24, 2.45) is 11.8 Å². The zero-order chi connectivity index (χ0) is 15.0. The number of allylic oxidation sites excluding steroid dienone is 4. The van der Waals surface area contributed by atoms with Gasteiger partial charge in [0.25, 0.3) is 0 Å². The van der Waals surface area contributed by atoms with Gasteiger partial charge in [-0.3, -0.25) is 0 Å². The number of rotatable bonds is 7. The van der Waals surface area contributed by atoms with Crippen molar-refractivity contribution < 1.29 is 0 Å². The average Bonchev–Trinajstić information content (AvgIpc) is 2.47. The molecule has 0 fully saturated rings. The van der Waals surface area contributed by atoms with Crippen molar-refractivity contribution in [1.29, 1.82) is 0 Å². The van der Waals surface area contributed by atoms with Crippen molar-refractivity contribution in [3.63, 3.8) is 0 Å². The first kappa shape index (κ1) is 16.8. The molecule has 110 valence electrons. The maximum absolute atomic E-state index is 2.34. The summed E-state index contributed by atoms with van der Waals surface area (Å²) in [5.74, 6) is 1.97. The molecule has 2 atom stereocenters. The lowest BCUT2D eigenvalue weighted by atomic mass is 9.78. The standard InChI is InChI=1S/C20H30/c1-6-12-17(7-2)20(16(4)5)15-18(8-3)19-13-10-9-11-14-19/h6-7,9-14,16,18,20H,8,15H2,1-5H3/b12-6-,17-7+. The summed E-state index contributed by atoms with van der Waals surface area (Å²) in [5, 5.41) is 0. The van der Waals surface area contributed by atoms with Gasteiger partial charge >= 0.3 is 0 Å². The lowest BCUT2D eigenvalue weighted by Gasteiger charge is -2.27. The quantitative estimate of drug-likeness (QED) is 0.505. The molecule has 1 rings (SSSR count). The molecule has 2 unspecified atom stereocenters. The second kappa shape index (κ2) is 8.79.